The van der Waals surface area contributed by atoms with Crippen LogP contribution < -0.4 is 0 Å². The van der Waals surface area contributed by atoms with Gasteiger partial charge in [-0.1, -0.05) is 47.5 Å². The largest absolute Gasteiger partial charge is 0.417 e. The average molecular weight is 485 g/mol. The predicted molar refractivity (Wildman–Crippen MR) is 101 cm³/mol. The minimum absolute atomic E-state index is 0.0403. The molecule has 3 aromatic rings. The molecule has 1 unspecified atom stereocenters. The minimum atomic E-state index is -4.56. The maximum absolute atomic E-state index is 12.6. The molecule has 1 atom stereocenters. The number of alkyl halides is 6. The smallest absolute Gasteiger partial charge is 0.380 e. The van der Waals surface area contributed by atoms with E-state index in [-0.39, 0.29) is 23.2 Å². The molecule has 1 heterocycles. The van der Waals surface area contributed by atoms with Crippen molar-refractivity contribution in [1.29, 1.82) is 0 Å². The molecule has 0 aliphatic rings. The number of rotatable bonds is 3. The van der Waals surface area contributed by atoms with E-state index in [1.54, 1.807) is 0 Å². The first kappa shape index (κ1) is 24.7. The van der Waals surface area contributed by atoms with Crippen molar-refractivity contribution in [3.05, 3.63) is 86.9 Å². The number of aromatic nitrogens is 2. The summed E-state index contributed by atoms with van der Waals surface area (Å²) < 4.78 is 74.4. The number of hydrogen-bond donors (Lipinski definition) is 2. The van der Waals surface area contributed by atoms with Gasteiger partial charge in [-0.25, -0.2) is 4.98 Å². The van der Waals surface area contributed by atoms with Gasteiger partial charge in [0.2, 0.25) is 0 Å². The second kappa shape index (κ2) is 9.71. The van der Waals surface area contributed by atoms with Crippen LogP contribution in [0.4, 0.5) is 26.3 Å². The number of aromatic amines is 1. The number of imidazole rings is 1. The molecular weight excluding hydrogens is 473 g/mol. The summed E-state index contributed by atoms with van der Waals surface area (Å²) in [6.45, 7) is 0. The Morgan fingerprint density at radius 2 is 1.48 bits per heavy atom. The van der Waals surface area contributed by atoms with Crippen LogP contribution >= 0.6 is 23.2 Å². The lowest BCUT2D eigenvalue weighted by Crippen LogP contribution is -2.10. The van der Waals surface area contributed by atoms with E-state index in [1.807, 2.05) is 0 Å². The number of carbonyl (C=O) groups excluding carboxylic acids is 1. The Labute approximate surface area is 181 Å². The predicted octanol–water partition coefficient (Wildman–Crippen LogP) is 6.33. The number of halogens is 8. The highest BCUT2D eigenvalue weighted by atomic mass is 35.5. The van der Waals surface area contributed by atoms with Gasteiger partial charge in [0.05, 0.1) is 21.2 Å². The number of aliphatic hydroxyl groups is 1. The summed E-state index contributed by atoms with van der Waals surface area (Å²) in [4.78, 5) is 16.7. The molecule has 0 saturated heterocycles. The summed E-state index contributed by atoms with van der Waals surface area (Å²) in [6.07, 6.45) is -7.26. The standard InChI is InChI=1S/C11H8ClF3N2O.C8H4ClF3O/c12-8-6(9(18)10-16-4-5-17-10)2-1-3-7(8)11(13,14)15;9-7-5(4-13)2-1-3-6(7)8(10,11)12/h1-5,9,18H,(H,16,17);1-4H. The highest BCUT2D eigenvalue weighted by Crippen LogP contribution is 2.39. The Kier molecular flexibility index (Phi) is 7.74. The lowest BCUT2D eigenvalue weighted by Gasteiger charge is -2.15. The van der Waals surface area contributed by atoms with E-state index in [1.165, 1.54) is 30.6 Å². The first-order chi connectivity index (χ1) is 14.4. The maximum atomic E-state index is 12.6. The second-order valence-electron chi connectivity index (χ2n) is 5.91. The van der Waals surface area contributed by atoms with E-state index in [9.17, 15) is 36.2 Å². The van der Waals surface area contributed by atoms with Crippen molar-refractivity contribution in [2.45, 2.75) is 18.5 Å². The number of H-pyrrole nitrogens is 1. The Hall–Kier alpha value is -2.56. The van der Waals surface area contributed by atoms with Crippen molar-refractivity contribution in [2.75, 3.05) is 0 Å². The minimum Gasteiger partial charge on any atom is -0.380 e. The highest BCUT2D eigenvalue weighted by Gasteiger charge is 2.35. The summed E-state index contributed by atoms with van der Waals surface area (Å²) in [6, 6.07) is 6.57. The molecule has 0 bridgehead atoms. The summed E-state index contributed by atoms with van der Waals surface area (Å²) in [5.41, 5.74) is -2.16. The van der Waals surface area contributed by atoms with Crippen molar-refractivity contribution in [3.63, 3.8) is 0 Å². The lowest BCUT2D eigenvalue weighted by atomic mass is 10.0. The number of benzene rings is 2. The molecule has 2 N–H and O–H groups in total. The molecule has 1 aromatic heterocycles. The maximum Gasteiger partial charge on any atom is 0.417 e. The van der Waals surface area contributed by atoms with Gasteiger partial charge in [-0.05, 0) is 12.1 Å². The van der Waals surface area contributed by atoms with Crippen molar-refractivity contribution < 1.29 is 36.2 Å². The van der Waals surface area contributed by atoms with E-state index in [2.05, 4.69) is 9.97 Å². The Morgan fingerprint density at radius 3 is 1.97 bits per heavy atom. The van der Waals surface area contributed by atoms with Crippen LogP contribution in [0.3, 0.4) is 0 Å². The van der Waals surface area contributed by atoms with Crippen LogP contribution in [-0.4, -0.2) is 21.4 Å². The van der Waals surface area contributed by atoms with Gasteiger partial charge in [0.25, 0.3) is 0 Å². The Bertz CT molecular complexity index is 1040. The number of hydrogen-bond acceptors (Lipinski definition) is 3. The summed E-state index contributed by atoms with van der Waals surface area (Å²) in [7, 11) is 0. The normalized spacial score (nSPS) is 12.7. The number of nitrogens with zero attached hydrogens (tertiary/aromatic N) is 1. The molecule has 31 heavy (non-hydrogen) atoms. The lowest BCUT2D eigenvalue weighted by molar-refractivity contribution is -0.138. The number of carbonyl (C=O) groups is 1. The fraction of sp³-hybridized carbons (Fsp3) is 0.158. The molecule has 4 nitrogen and oxygen atoms in total. The number of nitrogens with one attached hydrogen (secondary N) is 1. The third-order valence-corrected chi connectivity index (χ3v) is 4.71. The zero-order valence-electron chi connectivity index (χ0n) is 15.1. The Morgan fingerprint density at radius 1 is 0.935 bits per heavy atom. The van der Waals surface area contributed by atoms with Crippen LogP contribution in [0.5, 0.6) is 0 Å². The first-order valence-corrected chi connectivity index (χ1v) is 8.97. The van der Waals surface area contributed by atoms with Gasteiger partial charge in [0.1, 0.15) is 11.9 Å². The number of aliphatic hydroxyl groups excluding tert-OH is 1. The molecule has 166 valence electrons. The molecular formula is C19H12Cl2F6N2O2. The molecule has 2 aromatic carbocycles. The molecule has 0 aliphatic carbocycles. The van der Waals surface area contributed by atoms with Gasteiger partial charge in [-0.15, -0.1) is 0 Å². The fourth-order valence-corrected chi connectivity index (χ4v) is 3.03. The van der Waals surface area contributed by atoms with Crippen LogP contribution in [0, 0.1) is 0 Å². The molecule has 0 saturated carbocycles. The van der Waals surface area contributed by atoms with E-state index >= 15 is 0 Å². The van der Waals surface area contributed by atoms with E-state index < -0.39 is 39.6 Å². The van der Waals surface area contributed by atoms with E-state index in [4.69, 9.17) is 23.2 Å². The molecule has 0 radical (unpaired) electrons. The van der Waals surface area contributed by atoms with Crippen molar-refractivity contribution in [1.82, 2.24) is 9.97 Å². The van der Waals surface area contributed by atoms with Crippen molar-refractivity contribution >= 4 is 29.5 Å². The molecule has 0 aliphatic heterocycles. The van der Waals surface area contributed by atoms with Gasteiger partial charge < -0.3 is 10.1 Å². The van der Waals surface area contributed by atoms with E-state index in [0.717, 1.165) is 18.2 Å². The SMILES string of the molecule is O=Cc1cccc(C(F)(F)F)c1Cl.OC(c1ncc[nH]1)c1cccc(C(F)(F)F)c1Cl. The summed E-state index contributed by atoms with van der Waals surface area (Å²) in [5.74, 6) is 0.135. The fourth-order valence-electron chi connectivity index (χ4n) is 2.41. The summed E-state index contributed by atoms with van der Waals surface area (Å²) >= 11 is 11.0. The average Bonchev–Trinajstić information content (AvgIpc) is 3.21. The van der Waals surface area contributed by atoms with Crippen LogP contribution in [-0.2, 0) is 12.4 Å². The topological polar surface area (TPSA) is 66.0 Å². The molecule has 0 fully saturated rings. The van der Waals surface area contributed by atoms with Gasteiger partial charge in [0.15, 0.2) is 6.29 Å². The van der Waals surface area contributed by atoms with E-state index in [0.29, 0.717) is 0 Å². The van der Waals surface area contributed by atoms with Crippen LogP contribution in [0.1, 0.15) is 39.0 Å². The van der Waals surface area contributed by atoms with Gasteiger partial charge >= 0.3 is 12.4 Å². The molecule has 0 amide bonds. The third kappa shape index (κ3) is 5.99. The number of aldehydes is 1. The molecule has 0 spiro atoms. The van der Waals surface area contributed by atoms with Crippen LogP contribution in [0.2, 0.25) is 10.0 Å². The van der Waals surface area contributed by atoms with Crippen LogP contribution in [0.15, 0.2) is 48.8 Å². The Balaban J connectivity index is 0.000000233. The zero-order valence-corrected chi connectivity index (χ0v) is 16.6. The van der Waals surface area contributed by atoms with Crippen molar-refractivity contribution in [3.8, 4) is 0 Å². The zero-order chi connectivity index (χ0) is 23.4. The quantitative estimate of drug-likeness (QED) is 0.337. The first-order valence-electron chi connectivity index (χ1n) is 8.21. The highest BCUT2D eigenvalue weighted by molar-refractivity contribution is 6.33. The van der Waals surface area contributed by atoms with Gasteiger partial charge in [0, 0.05) is 23.5 Å². The third-order valence-electron chi connectivity index (χ3n) is 3.87. The second-order valence-corrected chi connectivity index (χ2v) is 6.66. The van der Waals surface area contributed by atoms with Gasteiger partial charge in [-0.2, -0.15) is 26.3 Å². The monoisotopic (exact) mass is 484 g/mol. The van der Waals surface area contributed by atoms with Crippen LogP contribution in [0.25, 0.3) is 0 Å². The van der Waals surface area contributed by atoms with Gasteiger partial charge in [-0.3, -0.25) is 4.79 Å². The molecule has 12 heteroatoms. The summed E-state index contributed by atoms with van der Waals surface area (Å²) in [5, 5.41) is 8.84. The molecule has 3 rings (SSSR count). The van der Waals surface area contributed by atoms with Crippen molar-refractivity contribution in [2.24, 2.45) is 0 Å².